The second-order valence-corrected chi connectivity index (χ2v) is 6.79. The van der Waals surface area contributed by atoms with Crippen molar-refractivity contribution < 1.29 is 0 Å². The molecule has 0 saturated carbocycles. The molecule has 7 nitrogen and oxygen atoms in total. The monoisotopic (exact) mass is 361 g/mol. The molecule has 4 rings (SSSR count). The number of piperazine rings is 1. The van der Waals surface area contributed by atoms with Gasteiger partial charge in [0.25, 0.3) is 0 Å². The number of anilines is 4. The maximum atomic E-state index is 4.46. The van der Waals surface area contributed by atoms with E-state index < -0.39 is 0 Å². The highest BCUT2D eigenvalue weighted by molar-refractivity contribution is 5.61. The first-order valence-corrected chi connectivity index (χ1v) is 9.12. The fraction of sp³-hybridized carbons (Fsp3) is 0.300. The second-order valence-electron chi connectivity index (χ2n) is 6.79. The van der Waals surface area contributed by atoms with Crippen molar-refractivity contribution in [1.82, 2.24) is 19.9 Å². The average molecular weight is 361 g/mol. The van der Waals surface area contributed by atoms with Crippen molar-refractivity contribution in [1.29, 1.82) is 0 Å². The summed E-state index contributed by atoms with van der Waals surface area (Å²) in [5, 5.41) is 3.39. The zero-order valence-electron chi connectivity index (χ0n) is 15.6. The van der Waals surface area contributed by atoms with Crippen molar-refractivity contribution in [2.45, 2.75) is 13.8 Å². The molecular formula is C20H23N7. The number of nitrogens with one attached hydrogen (secondary N) is 1. The first-order valence-electron chi connectivity index (χ1n) is 9.12. The van der Waals surface area contributed by atoms with E-state index >= 15 is 0 Å². The molecule has 2 aromatic heterocycles. The van der Waals surface area contributed by atoms with Gasteiger partial charge in [-0.1, -0.05) is 6.07 Å². The van der Waals surface area contributed by atoms with Crippen molar-refractivity contribution in [3.05, 3.63) is 60.2 Å². The van der Waals surface area contributed by atoms with Gasteiger partial charge in [0.2, 0.25) is 5.95 Å². The van der Waals surface area contributed by atoms with Gasteiger partial charge in [-0.15, -0.1) is 0 Å². The van der Waals surface area contributed by atoms with Crippen molar-refractivity contribution in [2.24, 2.45) is 0 Å². The molecule has 0 aliphatic carbocycles. The summed E-state index contributed by atoms with van der Waals surface area (Å²) in [6.45, 7) is 7.68. The van der Waals surface area contributed by atoms with Gasteiger partial charge in [-0.05, 0) is 43.2 Å². The lowest BCUT2D eigenvalue weighted by molar-refractivity contribution is 0.634. The number of hydrogen-bond donors (Lipinski definition) is 1. The maximum Gasteiger partial charge on any atom is 0.225 e. The van der Waals surface area contributed by atoms with Gasteiger partial charge in [0.15, 0.2) is 0 Å². The molecule has 1 saturated heterocycles. The minimum atomic E-state index is 0.789. The molecule has 3 aromatic rings. The van der Waals surface area contributed by atoms with Crippen LogP contribution in [0.2, 0.25) is 0 Å². The van der Waals surface area contributed by atoms with Crippen molar-refractivity contribution in [3.8, 4) is 0 Å². The summed E-state index contributed by atoms with van der Waals surface area (Å²) in [7, 11) is 0. The molecule has 1 fully saturated rings. The third kappa shape index (κ3) is 4.13. The van der Waals surface area contributed by atoms with E-state index in [1.54, 1.807) is 18.7 Å². The molecule has 0 radical (unpaired) electrons. The SMILES string of the molecule is Cc1cc(C)cc(Nc2cc(N3CCN(c4ncccn4)CC3)ncn2)c1. The minimum absolute atomic E-state index is 0.789. The molecule has 1 aromatic carbocycles. The fourth-order valence-corrected chi connectivity index (χ4v) is 3.37. The van der Waals surface area contributed by atoms with E-state index in [0.29, 0.717) is 0 Å². The molecule has 138 valence electrons. The Balaban J connectivity index is 1.44. The van der Waals surface area contributed by atoms with Crippen LogP contribution < -0.4 is 15.1 Å². The van der Waals surface area contributed by atoms with Crippen molar-refractivity contribution in [3.63, 3.8) is 0 Å². The zero-order valence-corrected chi connectivity index (χ0v) is 15.6. The van der Waals surface area contributed by atoms with E-state index in [-0.39, 0.29) is 0 Å². The van der Waals surface area contributed by atoms with Crippen LogP contribution in [0, 0.1) is 13.8 Å². The highest BCUT2D eigenvalue weighted by Gasteiger charge is 2.20. The van der Waals surface area contributed by atoms with Crippen LogP contribution in [0.15, 0.2) is 49.1 Å². The standard InChI is InChI=1S/C20H23N7/c1-15-10-16(2)12-17(11-15)25-18-13-19(24-14-23-18)26-6-8-27(9-7-26)20-21-4-3-5-22-20/h3-5,10-14H,6-9H2,1-2H3,(H,23,24,25). The molecular weight excluding hydrogens is 338 g/mol. The summed E-state index contributed by atoms with van der Waals surface area (Å²) < 4.78 is 0. The van der Waals surface area contributed by atoms with E-state index in [1.165, 1.54) is 11.1 Å². The Morgan fingerprint density at radius 1 is 0.778 bits per heavy atom. The van der Waals surface area contributed by atoms with Crippen LogP contribution in [0.4, 0.5) is 23.3 Å². The van der Waals surface area contributed by atoms with Gasteiger partial charge in [0.1, 0.15) is 18.0 Å². The predicted octanol–water partition coefficient (Wildman–Crippen LogP) is 2.95. The predicted molar refractivity (Wildman–Crippen MR) is 108 cm³/mol. The summed E-state index contributed by atoms with van der Waals surface area (Å²) >= 11 is 0. The van der Waals surface area contributed by atoms with Crippen LogP contribution in [0.1, 0.15) is 11.1 Å². The molecule has 0 spiro atoms. The number of nitrogens with zero attached hydrogens (tertiary/aromatic N) is 6. The van der Waals surface area contributed by atoms with E-state index in [1.807, 2.05) is 12.1 Å². The van der Waals surface area contributed by atoms with Crippen LogP contribution in [-0.4, -0.2) is 46.1 Å². The molecule has 7 heteroatoms. The van der Waals surface area contributed by atoms with Crippen molar-refractivity contribution in [2.75, 3.05) is 41.3 Å². The van der Waals surface area contributed by atoms with Gasteiger partial charge < -0.3 is 15.1 Å². The lowest BCUT2D eigenvalue weighted by Crippen LogP contribution is -2.47. The Kier molecular flexibility index (Phi) is 4.82. The van der Waals surface area contributed by atoms with Crippen molar-refractivity contribution >= 4 is 23.3 Å². The Morgan fingerprint density at radius 3 is 2.15 bits per heavy atom. The Labute approximate surface area is 159 Å². The van der Waals surface area contributed by atoms with Crippen LogP contribution >= 0.6 is 0 Å². The molecule has 27 heavy (non-hydrogen) atoms. The van der Waals surface area contributed by atoms with Gasteiger partial charge >= 0.3 is 0 Å². The Bertz CT molecular complexity index is 885. The molecule has 0 amide bonds. The van der Waals surface area contributed by atoms with Crippen LogP contribution in [0.3, 0.4) is 0 Å². The highest BCUT2D eigenvalue weighted by atomic mass is 15.3. The number of rotatable bonds is 4. The molecule has 0 atom stereocenters. The van der Waals surface area contributed by atoms with Crippen LogP contribution in [0.5, 0.6) is 0 Å². The first-order chi connectivity index (χ1) is 13.2. The van der Waals surface area contributed by atoms with Gasteiger partial charge in [-0.3, -0.25) is 0 Å². The van der Waals surface area contributed by atoms with Crippen LogP contribution in [-0.2, 0) is 0 Å². The van der Waals surface area contributed by atoms with Gasteiger partial charge in [-0.2, -0.15) is 0 Å². The topological polar surface area (TPSA) is 70.1 Å². The summed E-state index contributed by atoms with van der Waals surface area (Å²) in [5.41, 5.74) is 3.50. The van der Waals surface area contributed by atoms with E-state index in [9.17, 15) is 0 Å². The second kappa shape index (κ2) is 7.57. The fourth-order valence-electron chi connectivity index (χ4n) is 3.37. The third-order valence-electron chi connectivity index (χ3n) is 4.59. The number of benzene rings is 1. The van der Waals surface area contributed by atoms with Crippen LogP contribution in [0.25, 0.3) is 0 Å². The first kappa shape index (κ1) is 17.2. The number of aryl methyl sites for hydroxylation is 2. The van der Waals surface area contributed by atoms with E-state index in [2.05, 4.69) is 67.1 Å². The molecule has 1 aliphatic rings. The Morgan fingerprint density at radius 2 is 1.44 bits per heavy atom. The smallest absolute Gasteiger partial charge is 0.225 e. The summed E-state index contributed by atoms with van der Waals surface area (Å²) in [6.07, 6.45) is 5.18. The number of aromatic nitrogens is 4. The van der Waals surface area contributed by atoms with E-state index in [4.69, 9.17) is 0 Å². The highest BCUT2D eigenvalue weighted by Crippen LogP contribution is 2.22. The molecule has 3 heterocycles. The van der Waals surface area contributed by atoms with Gasteiger partial charge in [0.05, 0.1) is 0 Å². The van der Waals surface area contributed by atoms with Gasteiger partial charge in [-0.25, -0.2) is 19.9 Å². The normalized spacial score (nSPS) is 14.3. The lowest BCUT2D eigenvalue weighted by Gasteiger charge is -2.35. The summed E-state index contributed by atoms with van der Waals surface area (Å²) in [5.74, 6) is 2.53. The molecule has 0 bridgehead atoms. The lowest BCUT2D eigenvalue weighted by atomic mass is 10.1. The third-order valence-corrected chi connectivity index (χ3v) is 4.59. The Hall–Kier alpha value is -3.22. The molecule has 0 unspecified atom stereocenters. The molecule has 1 N–H and O–H groups in total. The minimum Gasteiger partial charge on any atom is -0.353 e. The summed E-state index contributed by atoms with van der Waals surface area (Å²) in [4.78, 5) is 22.0. The maximum absolute atomic E-state index is 4.46. The number of hydrogen-bond acceptors (Lipinski definition) is 7. The largest absolute Gasteiger partial charge is 0.353 e. The van der Waals surface area contributed by atoms with E-state index in [0.717, 1.165) is 49.5 Å². The van der Waals surface area contributed by atoms with Gasteiger partial charge in [0, 0.05) is 50.3 Å². The molecule has 1 aliphatic heterocycles. The quantitative estimate of drug-likeness (QED) is 0.766. The zero-order chi connectivity index (χ0) is 18.6. The average Bonchev–Trinajstić information content (AvgIpc) is 2.68. The summed E-state index contributed by atoms with van der Waals surface area (Å²) in [6, 6.07) is 10.2.